The van der Waals surface area contributed by atoms with E-state index < -0.39 is 23.8 Å². The third-order valence-corrected chi connectivity index (χ3v) is 2.13. The molecule has 0 aromatic carbocycles. The maximum Gasteiger partial charge on any atom is 0.330 e. The Labute approximate surface area is 106 Å². The smallest absolute Gasteiger partial charge is 0.330 e. The number of rotatable bonds is 7. The van der Waals surface area contributed by atoms with Crippen LogP contribution in [-0.2, 0) is 28.6 Å². The van der Waals surface area contributed by atoms with E-state index in [1.165, 1.54) is 26.4 Å². The molecule has 0 rings (SSSR count). The third kappa shape index (κ3) is 6.03. The first kappa shape index (κ1) is 16.1. The van der Waals surface area contributed by atoms with Gasteiger partial charge in [0.2, 0.25) is 0 Å². The van der Waals surface area contributed by atoms with E-state index >= 15 is 0 Å². The van der Waals surface area contributed by atoms with Crippen LogP contribution in [0.2, 0.25) is 0 Å². The minimum atomic E-state index is -0.966. The average molecular weight is 258 g/mol. The van der Waals surface area contributed by atoms with Gasteiger partial charge in [-0.15, -0.1) is 0 Å². The highest BCUT2D eigenvalue weighted by molar-refractivity contribution is 5.94. The summed E-state index contributed by atoms with van der Waals surface area (Å²) in [6, 6.07) is 0. The molecule has 0 aliphatic rings. The maximum absolute atomic E-state index is 11.3. The molecule has 0 spiro atoms. The molecule has 0 atom stereocenters. The van der Waals surface area contributed by atoms with Gasteiger partial charge in [-0.1, -0.05) is 6.08 Å². The number of methoxy groups -OCH3 is 2. The lowest BCUT2D eigenvalue weighted by atomic mass is 10.0. The molecule has 102 valence electrons. The van der Waals surface area contributed by atoms with E-state index in [-0.39, 0.29) is 6.42 Å². The van der Waals surface area contributed by atoms with Crippen molar-refractivity contribution in [3.63, 3.8) is 0 Å². The van der Waals surface area contributed by atoms with E-state index in [9.17, 15) is 14.4 Å². The number of allylic oxidation sites excluding steroid dienone is 1. The molecule has 0 radical (unpaired) electrons. The molecule has 0 aromatic heterocycles. The molecule has 6 nitrogen and oxygen atoms in total. The quantitative estimate of drug-likeness (QED) is 0.291. The molecule has 0 saturated heterocycles. The van der Waals surface area contributed by atoms with Crippen molar-refractivity contribution in [3.05, 3.63) is 12.2 Å². The molecular weight excluding hydrogens is 240 g/mol. The summed E-state index contributed by atoms with van der Waals surface area (Å²) >= 11 is 0. The average Bonchev–Trinajstić information content (AvgIpc) is 2.37. The summed E-state index contributed by atoms with van der Waals surface area (Å²) in [5.41, 5.74) is 0. The van der Waals surface area contributed by atoms with Crippen LogP contribution >= 0.6 is 0 Å². The molecule has 0 fully saturated rings. The monoisotopic (exact) mass is 258 g/mol. The zero-order chi connectivity index (χ0) is 14.0. The van der Waals surface area contributed by atoms with E-state index in [1.54, 1.807) is 6.92 Å². The Kier molecular flexibility index (Phi) is 8.26. The van der Waals surface area contributed by atoms with Crippen LogP contribution in [0, 0.1) is 5.92 Å². The Morgan fingerprint density at radius 2 is 1.67 bits per heavy atom. The highest BCUT2D eigenvalue weighted by atomic mass is 16.5. The van der Waals surface area contributed by atoms with E-state index in [4.69, 9.17) is 0 Å². The normalized spacial score (nSPS) is 10.4. The van der Waals surface area contributed by atoms with E-state index in [0.717, 1.165) is 0 Å². The van der Waals surface area contributed by atoms with Crippen molar-refractivity contribution in [3.8, 4) is 0 Å². The molecule has 0 N–H and O–H groups in total. The highest BCUT2D eigenvalue weighted by Gasteiger charge is 2.27. The lowest BCUT2D eigenvalue weighted by molar-refractivity contribution is -0.159. The van der Waals surface area contributed by atoms with Crippen molar-refractivity contribution < 1.29 is 28.6 Å². The second kappa shape index (κ2) is 9.21. The molecular formula is C12H18O6. The predicted octanol–water partition coefficient (Wildman–Crippen LogP) is 0.848. The number of ether oxygens (including phenoxy) is 3. The molecule has 0 bridgehead atoms. The number of carbonyl (C=O) groups excluding carboxylic acids is 3. The van der Waals surface area contributed by atoms with Crippen molar-refractivity contribution in [1.29, 1.82) is 0 Å². The van der Waals surface area contributed by atoms with E-state index in [1.807, 2.05) is 0 Å². The van der Waals surface area contributed by atoms with Crippen LogP contribution in [0.1, 0.15) is 19.8 Å². The fourth-order valence-electron chi connectivity index (χ4n) is 1.25. The van der Waals surface area contributed by atoms with Gasteiger partial charge in [-0.3, -0.25) is 9.59 Å². The molecule has 0 heterocycles. The van der Waals surface area contributed by atoms with Gasteiger partial charge in [-0.25, -0.2) is 4.79 Å². The lowest BCUT2D eigenvalue weighted by Gasteiger charge is -2.10. The summed E-state index contributed by atoms with van der Waals surface area (Å²) in [5.74, 6) is -2.71. The SMILES string of the molecule is CCOC(=O)/C=C/CCC(C(=O)OC)C(=O)OC. The van der Waals surface area contributed by atoms with Crippen molar-refractivity contribution >= 4 is 17.9 Å². The topological polar surface area (TPSA) is 78.9 Å². The second-order valence-electron chi connectivity index (χ2n) is 3.33. The van der Waals surface area contributed by atoms with Gasteiger partial charge in [0.05, 0.1) is 20.8 Å². The standard InChI is InChI=1S/C12H18O6/c1-4-18-10(13)8-6-5-7-9(11(14)16-2)12(15)17-3/h6,8-9H,4-5,7H2,1-3H3/b8-6+. The molecule has 0 aliphatic heterocycles. The van der Waals surface area contributed by atoms with Crippen LogP contribution in [0.3, 0.4) is 0 Å². The third-order valence-electron chi connectivity index (χ3n) is 2.13. The Morgan fingerprint density at radius 1 is 1.11 bits per heavy atom. The largest absolute Gasteiger partial charge is 0.468 e. The van der Waals surface area contributed by atoms with Crippen LogP contribution in [-0.4, -0.2) is 38.7 Å². The van der Waals surface area contributed by atoms with Crippen molar-refractivity contribution in [2.45, 2.75) is 19.8 Å². The van der Waals surface area contributed by atoms with Crippen LogP contribution in [0.15, 0.2) is 12.2 Å². The molecule has 6 heteroatoms. The highest BCUT2D eigenvalue weighted by Crippen LogP contribution is 2.11. The van der Waals surface area contributed by atoms with Gasteiger partial charge in [-0.05, 0) is 19.8 Å². The van der Waals surface area contributed by atoms with Gasteiger partial charge in [0, 0.05) is 6.08 Å². The van der Waals surface area contributed by atoms with Crippen LogP contribution in [0.5, 0.6) is 0 Å². The van der Waals surface area contributed by atoms with E-state index in [2.05, 4.69) is 14.2 Å². The van der Waals surface area contributed by atoms with Gasteiger partial charge >= 0.3 is 17.9 Å². The number of esters is 3. The summed E-state index contributed by atoms with van der Waals surface area (Å²) in [4.78, 5) is 33.6. The first-order valence-corrected chi connectivity index (χ1v) is 5.55. The molecule has 0 aliphatic carbocycles. The summed E-state index contributed by atoms with van der Waals surface area (Å²) < 4.78 is 13.7. The first-order chi connectivity index (χ1) is 8.56. The molecule has 0 aromatic rings. The Morgan fingerprint density at radius 3 is 2.11 bits per heavy atom. The molecule has 18 heavy (non-hydrogen) atoms. The molecule has 0 unspecified atom stereocenters. The van der Waals surface area contributed by atoms with Gasteiger partial charge in [0.15, 0.2) is 5.92 Å². The Bertz CT molecular complexity index is 305. The fourth-order valence-corrected chi connectivity index (χ4v) is 1.25. The second-order valence-corrected chi connectivity index (χ2v) is 3.33. The predicted molar refractivity (Wildman–Crippen MR) is 62.5 cm³/mol. The minimum Gasteiger partial charge on any atom is -0.468 e. The summed E-state index contributed by atoms with van der Waals surface area (Å²) in [5, 5.41) is 0. The Balaban J connectivity index is 4.24. The van der Waals surface area contributed by atoms with Crippen LogP contribution in [0.25, 0.3) is 0 Å². The summed E-state index contributed by atoms with van der Waals surface area (Å²) in [7, 11) is 2.40. The summed E-state index contributed by atoms with van der Waals surface area (Å²) in [6.07, 6.45) is 3.38. The fraction of sp³-hybridized carbons (Fsp3) is 0.583. The van der Waals surface area contributed by atoms with Gasteiger partial charge < -0.3 is 14.2 Å². The maximum atomic E-state index is 11.3. The van der Waals surface area contributed by atoms with Crippen molar-refractivity contribution in [2.75, 3.05) is 20.8 Å². The van der Waals surface area contributed by atoms with Crippen molar-refractivity contribution in [1.82, 2.24) is 0 Å². The summed E-state index contributed by atoms with van der Waals surface area (Å²) in [6.45, 7) is 2.01. The number of carbonyl (C=O) groups is 3. The van der Waals surface area contributed by atoms with Gasteiger partial charge in [0.1, 0.15) is 0 Å². The minimum absolute atomic E-state index is 0.218. The van der Waals surface area contributed by atoms with Gasteiger partial charge in [0.25, 0.3) is 0 Å². The van der Waals surface area contributed by atoms with Crippen LogP contribution in [0.4, 0.5) is 0 Å². The van der Waals surface area contributed by atoms with Crippen LogP contribution < -0.4 is 0 Å². The van der Waals surface area contributed by atoms with Crippen molar-refractivity contribution in [2.24, 2.45) is 5.92 Å². The number of hydrogen-bond donors (Lipinski definition) is 0. The van der Waals surface area contributed by atoms with Gasteiger partial charge in [-0.2, -0.15) is 0 Å². The zero-order valence-electron chi connectivity index (χ0n) is 10.8. The Hall–Kier alpha value is -1.85. The molecule has 0 amide bonds. The van der Waals surface area contributed by atoms with E-state index in [0.29, 0.717) is 13.0 Å². The number of hydrogen-bond acceptors (Lipinski definition) is 6. The molecule has 0 saturated carbocycles. The zero-order valence-corrected chi connectivity index (χ0v) is 10.8. The first-order valence-electron chi connectivity index (χ1n) is 5.55. The lowest BCUT2D eigenvalue weighted by Crippen LogP contribution is -2.26.